The van der Waals surface area contributed by atoms with Crippen LogP contribution in [0.2, 0.25) is 0 Å². The van der Waals surface area contributed by atoms with Crippen molar-refractivity contribution in [3.05, 3.63) is 23.8 Å². The summed E-state index contributed by atoms with van der Waals surface area (Å²) in [6, 6.07) is 6.25. The second-order valence-corrected chi connectivity index (χ2v) is 6.48. The molecule has 0 bridgehead atoms. The van der Waals surface area contributed by atoms with Gasteiger partial charge in [-0.15, -0.1) is 0 Å². The third kappa shape index (κ3) is 2.07. The molecule has 0 amide bonds. The van der Waals surface area contributed by atoms with Gasteiger partial charge >= 0.3 is 0 Å². The van der Waals surface area contributed by atoms with Gasteiger partial charge in [-0.25, -0.2) is 0 Å². The maximum Gasteiger partial charge on any atom is 0.0623 e. The number of hydrogen-bond acceptors (Lipinski definition) is 2. The molecule has 1 aliphatic rings. The highest BCUT2D eigenvalue weighted by atomic mass is 32.2. The fraction of sp³-hybridized carbons (Fsp3) is 0.500. The van der Waals surface area contributed by atoms with Crippen LogP contribution in [0.1, 0.15) is 26.3 Å². The largest absolute Gasteiger partial charge is 0.383 e. The third-order valence-electron chi connectivity index (χ3n) is 2.70. The topological polar surface area (TPSA) is 29.1 Å². The quantitative estimate of drug-likeness (QED) is 0.732. The fourth-order valence-corrected chi connectivity index (χ4v) is 2.86. The van der Waals surface area contributed by atoms with Crippen molar-refractivity contribution >= 4 is 16.5 Å². The van der Waals surface area contributed by atoms with Crippen molar-refractivity contribution in [1.29, 1.82) is 0 Å². The average Bonchev–Trinajstić information content (AvgIpc) is 2.16. The molecule has 0 fully saturated rings. The van der Waals surface area contributed by atoms with Crippen LogP contribution in [0.25, 0.3) is 0 Å². The van der Waals surface area contributed by atoms with E-state index in [0.717, 1.165) is 22.9 Å². The number of fused-ring (bicyclic) bond motifs is 1. The SMILES string of the molecule is CC(C)(C)c1ccc2c(c1)S(=O)CCN2. The predicted molar refractivity (Wildman–Crippen MR) is 64.9 cm³/mol. The standard InChI is InChI=1S/C12H17NOS/c1-12(2,3)9-4-5-10-11(8-9)15(14)7-6-13-10/h4-5,8,13H,6-7H2,1-3H3. The summed E-state index contributed by atoms with van der Waals surface area (Å²) >= 11 is 0. The molecule has 0 saturated heterocycles. The van der Waals surface area contributed by atoms with Crippen molar-refractivity contribution in [3.63, 3.8) is 0 Å². The van der Waals surface area contributed by atoms with Gasteiger partial charge in [-0.2, -0.15) is 0 Å². The molecule has 15 heavy (non-hydrogen) atoms. The molecule has 1 unspecified atom stereocenters. The summed E-state index contributed by atoms with van der Waals surface area (Å²) in [6.45, 7) is 7.34. The minimum Gasteiger partial charge on any atom is -0.383 e. The maximum atomic E-state index is 11.8. The second kappa shape index (κ2) is 3.63. The minimum atomic E-state index is -0.823. The van der Waals surface area contributed by atoms with Crippen LogP contribution in [0.4, 0.5) is 5.69 Å². The molecular weight excluding hydrogens is 206 g/mol. The smallest absolute Gasteiger partial charge is 0.0623 e. The van der Waals surface area contributed by atoms with E-state index in [-0.39, 0.29) is 5.41 Å². The summed E-state index contributed by atoms with van der Waals surface area (Å²) in [5.74, 6) is 0.723. The number of anilines is 1. The van der Waals surface area contributed by atoms with Crippen molar-refractivity contribution in [2.24, 2.45) is 0 Å². The molecule has 0 saturated carbocycles. The lowest BCUT2D eigenvalue weighted by Crippen LogP contribution is -2.20. The monoisotopic (exact) mass is 223 g/mol. The Hall–Kier alpha value is -0.830. The number of benzene rings is 1. The first-order valence-electron chi connectivity index (χ1n) is 5.25. The van der Waals surface area contributed by atoms with E-state index >= 15 is 0 Å². The molecule has 1 aromatic carbocycles. The lowest BCUT2D eigenvalue weighted by atomic mass is 9.87. The van der Waals surface area contributed by atoms with Gasteiger partial charge in [-0.1, -0.05) is 26.8 Å². The molecule has 2 rings (SSSR count). The van der Waals surface area contributed by atoms with Crippen molar-refractivity contribution in [2.75, 3.05) is 17.6 Å². The van der Waals surface area contributed by atoms with Gasteiger partial charge in [0.1, 0.15) is 0 Å². The molecule has 1 N–H and O–H groups in total. The molecule has 1 atom stereocenters. The van der Waals surface area contributed by atoms with Crippen LogP contribution < -0.4 is 5.32 Å². The first-order valence-corrected chi connectivity index (χ1v) is 6.57. The number of hydrogen-bond donors (Lipinski definition) is 1. The van der Waals surface area contributed by atoms with Gasteiger partial charge in [0.15, 0.2) is 0 Å². The Bertz CT molecular complexity index is 407. The van der Waals surface area contributed by atoms with Crippen molar-refractivity contribution in [3.8, 4) is 0 Å². The van der Waals surface area contributed by atoms with E-state index in [2.05, 4.69) is 38.2 Å². The fourth-order valence-electron chi connectivity index (χ4n) is 1.71. The van der Waals surface area contributed by atoms with E-state index in [4.69, 9.17) is 0 Å². The Kier molecular flexibility index (Phi) is 2.59. The molecule has 0 spiro atoms. The molecule has 0 aromatic heterocycles. The minimum absolute atomic E-state index is 0.122. The van der Waals surface area contributed by atoms with E-state index in [1.165, 1.54) is 5.56 Å². The average molecular weight is 223 g/mol. The van der Waals surface area contributed by atoms with Crippen LogP contribution in [0.3, 0.4) is 0 Å². The predicted octanol–water partition coefficient (Wildman–Crippen LogP) is 2.52. The van der Waals surface area contributed by atoms with Crippen LogP contribution in [0.5, 0.6) is 0 Å². The highest BCUT2D eigenvalue weighted by Gasteiger charge is 2.20. The van der Waals surface area contributed by atoms with E-state index in [9.17, 15) is 4.21 Å². The lowest BCUT2D eigenvalue weighted by molar-refractivity contribution is 0.588. The third-order valence-corrected chi connectivity index (χ3v) is 4.10. The summed E-state index contributed by atoms with van der Waals surface area (Å²) < 4.78 is 11.8. The molecular formula is C12H17NOS. The van der Waals surface area contributed by atoms with Crippen molar-refractivity contribution in [2.45, 2.75) is 31.1 Å². The van der Waals surface area contributed by atoms with Crippen molar-refractivity contribution < 1.29 is 4.21 Å². The van der Waals surface area contributed by atoms with Gasteiger partial charge in [0, 0.05) is 12.3 Å². The zero-order valence-electron chi connectivity index (χ0n) is 9.46. The number of nitrogens with one attached hydrogen (secondary N) is 1. The first-order chi connectivity index (χ1) is 6.98. The van der Waals surface area contributed by atoms with E-state index in [1.807, 2.05) is 6.07 Å². The number of rotatable bonds is 0. The molecule has 82 valence electrons. The van der Waals surface area contributed by atoms with Crippen LogP contribution in [-0.4, -0.2) is 16.5 Å². The summed E-state index contributed by atoms with van der Waals surface area (Å²) in [6.07, 6.45) is 0. The Morgan fingerprint density at radius 2 is 2.07 bits per heavy atom. The van der Waals surface area contributed by atoms with E-state index in [0.29, 0.717) is 0 Å². The molecule has 1 aromatic rings. The first kappa shape index (κ1) is 10.7. The van der Waals surface area contributed by atoms with Crippen LogP contribution in [0, 0.1) is 0 Å². The van der Waals surface area contributed by atoms with Gasteiger partial charge in [0.2, 0.25) is 0 Å². The van der Waals surface area contributed by atoms with Gasteiger partial charge in [0.25, 0.3) is 0 Å². The zero-order chi connectivity index (χ0) is 11.1. The highest BCUT2D eigenvalue weighted by molar-refractivity contribution is 7.85. The summed E-state index contributed by atoms with van der Waals surface area (Å²) in [7, 11) is -0.823. The van der Waals surface area contributed by atoms with Gasteiger partial charge < -0.3 is 5.32 Å². The molecule has 1 heterocycles. The van der Waals surface area contributed by atoms with Crippen molar-refractivity contribution in [1.82, 2.24) is 0 Å². The summed E-state index contributed by atoms with van der Waals surface area (Å²) in [4.78, 5) is 0.966. The van der Waals surface area contributed by atoms with Gasteiger partial charge in [-0.3, -0.25) is 4.21 Å². The maximum absolute atomic E-state index is 11.8. The highest BCUT2D eigenvalue weighted by Crippen LogP contribution is 2.30. The Balaban J connectivity index is 2.49. The lowest BCUT2D eigenvalue weighted by Gasteiger charge is -2.23. The summed E-state index contributed by atoms with van der Waals surface area (Å²) in [5, 5.41) is 3.28. The van der Waals surface area contributed by atoms with E-state index in [1.54, 1.807) is 0 Å². The van der Waals surface area contributed by atoms with Gasteiger partial charge in [-0.05, 0) is 23.1 Å². The normalized spacial score (nSPS) is 20.6. The second-order valence-electron chi connectivity index (χ2n) is 4.94. The Morgan fingerprint density at radius 1 is 1.33 bits per heavy atom. The molecule has 0 radical (unpaired) electrons. The zero-order valence-corrected chi connectivity index (χ0v) is 10.3. The van der Waals surface area contributed by atoms with Crippen LogP contribution >= 0.6 is 0 Å². The molecule has 2 nitrogen and oxygen atoms in total. The van der Waals surface area contributed by atoms with Crippen LogP contribution in [-0.2, 0) is 16.2 Å². The van der Waals surface area contributed by atoms with E-state index < -0.39 is 10.8 Å². The van der Waals surface area contributed by atoms with Crippen LogP contribution in [0.15, 0.2) is 23.1 Å². The van der Waals surface area contributed by atoms with Gasteiger partial charge in [0.05, 0.1) is 21.4 Å². The molecule has 0 aliphatic carbocycles. The summed E-state index contributed by atoms with van der Waals surface area (Å²) in [5.41, 5.74) is 2.40. The Labute approximate surface area is 93.5 Å². The Morgan fingerprint density at radius 3 is 2.73 bits per heavy atom. The molecule has 1 aliphatic heterocycles. The molecule has 3 heteroatoms.